The van der Waals surface area contributed by atoms with E-state index in [2.05, 4.69) is 6.92 Å². The van der Waals surface area contributed by atoms with Crippen LogP contribution in [-0.2, 0) is 14.3 Å². The van der Waals surface area contributed by atoms with Crippen molar-refractivity contribution < 1.29 is 19.1 Å². The number of rotatable bonds is 3. The zero-order valence-corrected chi connectivity index (χ0v) is 19.5. The van der Waals surface area contributed by atoms with Crippen LogP contribution in [0.4, 0.5) is 0 Å². The first-order chi connectivity index (χ1) is 15.3. The summed E-state index contributed by atoms with van der Waals surface area (Å²) < 4.78 is 6.29. The van der Waals surface area contributed by atoms with E-state index in [0.717, 1.165) is 25.9 Å². The Morgan fingerprint density at radius 2 is 1.59 bits per heavy atom. The fourth-order valence-electron chi connectivity index (χ4n) is 5.16. The van der Waals surface area contributed by atoms with Gasteiger partial charge in [-0.25, -0.2) is 0 Å². The minimum Gasteiger partial charge on any atom is -0.353 e. The third kappa shape index (κ3) is 4.27. The molecule has 0 unspecified atom stereocenters. The molecule has 0 radical (unpaired) electrons. The molecule has 1 aromatic rings. The van der Waals surface area contributed by atoms with Gasteiger partial charge in [0, 0.05) is 50.5 Å². The van der Waals surface area contributed by atoms with Crippen LogP contribution in [0.5, 0.6) is 0 Å². The molecule has 7 nitrogen and oxygen atoms in total. The maximum absolute atomic E-state index is 13.7. The predicted molar refractivity (Wildman–Crippen MR) is 121 cm³/mol. The lowest BCUT2D eigenvalue weighted by atomic mass is 9.95. The van der Waals surface area contributed by atoms with Crippen LogP contribution in [-0.4, -0.2) is 77.0 Å². The average molecular weight is 442 g/mol. The van der Waals surface area contributed by atoms with Gasteiger partial charge in [-0.15, -0.1) is 0 Å². The number of amides is 3. The van der Waals surface area contributed by atoms with E-state index in [0.29, 0.717) is 37.4 Å². The normalized spacial score (nSPS) is 23.8. The lowest BCUT2D eigenvalue weighted by Gasteiger charge is -2.45. The van der Waals surface area contributed by atoms with Crippen molar-refractivity contribution >= 4 is 17.7 Å². The molecular weight excluding hydrogens is 406 g/mol. The van der Waals surface area contributed by atoms with Crippen LogP contribution in [0.3, 0.4) is 0 Å². The Hall–Kier alpha value is -2.41. The molecule has 32 heavy (non-hydrogen) atoms. The number of carbonyl (C=O) groups is 3. The van der Waals surface area contributed by atoms with Crippen molar-refractivity contribution in [2.45, 2.75) is 58.2 Å². The Labute approximate surface area is 190 Å². The molecule has 0 saturated carbocycles. The van der Waals surface area contributed by atoms with E-state index in [1.54, 1.807) is 17.0 Å². The van der Waals surface area contributed by atoms with Crippen LogP contribution < -0.4 is 0 Å². The molecule has 174 valence electrons. The summed E-state index contributed by atoms with van der Waals surface area (Å²) in [7, 11) is 0. The van der Waals surface area contributed by atoms with Crippen LogP contribution in [0, 0.1) is 11.8 Å². The second-order valence-corrected chi connectivity index (χ2v) is 9.80. The molecule has 3 aliphatic heterocycles. The first kappa shape index (κ1) is 22.8. The summed E-state index contributed by atoms with van der Waals surface area (Å²) in [6.45, 7) is 8.74. The summed E-state index contributed by atoms with van der Waals surface area (Å²) in [5, 5.41) is 0. The van der Waals surface area contributed by atoms with Gasteiger partial charge in [0.1, 0.15) is 11.8 Å². The van der Waals surface area contributed by atoms with Crippen LogP contribution in [0.15, 0.2) is 30.3 Å². The summed E-state index contributed by atoms with van der Waals surface area (Å²) in [6.07, 6.45) is 3.02. The lowest BCUT2D eigenvalue weighted by molar-refractivity contribution is -0.147. The summed E-state index contributed by atoms with van der Waals surface area (Å²) >= 11 is 0. The SMILES string of the molecule is CC1CCN(C(=O)[C@H]2COC3(CCN(C(=O)C(C)C)CC3)N2C(=O)c2ccccc2)CC1. The zero-order valence-electron chi connectivity index (χ0n) is 19.5. The van der Waals surface area contributed by atoms with Crippen molar-refractivity contribution in [2.75, 3.05) is 32.8 Å². The van der Waals surface area contributed by atoms with Crippen molar-refractivity contribution in [1.82, 2.24) is 14.7 Å². The molecule has 0 N–H and O–H groups in total. The number of piperidine rings is 2. The van der Waals surface area contributed by atoms with Crippen LogP contribution >= 0.6 is 0 Å². The van der Waals surface area contributed by atoms with E-state index < -0.39 is 11.8 Å². The number of benzene rings is 1. The van der Waals surface area contributed by atoms with E-state index in [1.165, 1.54) is 0 Å². The Kier molecular flexibility index (Phi) is 6.56. The maximum Gasteiger partial charge on any atom is 0.256 e. The molecule has 1 atom stereocenters. The Balaban J connectivity index is 1.59. The van der Waals surface area contributed by atoms with E-state index >= 15 is 0 Å². The highest BCUT2D eigenvalue weighted by atomic mass is 16.5. The van der Waals surface area contributed by atoms with Gasteiger partial charge < -0.3 is 14.5 Å². The fourth-order valence-corrected chi connectivity index (χ4v) is 5.16. The van der Waals surface area contributed by atoms with Gasteiger partial charge in [0.2, 0.25) is 11.8 Å². The monoisotopic (exact) mass is 441 g/mol. The quantitative estimate of drug-likeness (QED) is 0.723. The number of carbonyl (C=O) groups excluding carboxylic acids is 3. The Morgan fingerprint density at radius 3 is 2.19 bits per heavy atom. The zero-order chi connectivity index (χ0) is 22.9. The molecule has 3 fully saturated rings. The smallest absolute Gasteiger partial charge is 0.256 e. The molecule has 1 spiro atoms. The lowest BCUT2D eigenvalue weighted by Crippen LogP contribution is -2.60. The highest BCUT2D eigenvalue weighted by Crippen LogP contribution is 2.39. The van der Waals surface area contributed by atoms with Crippen LogP contribution in [0.1, 0.15) is 56.8 Å². The van der Waals surface area contributed by atoms with E-state index in [9.17, 15) is 14.4 Å². The molecule has 3 heterocycles. The second-order valence-electron chi connectivity index (χ2n) is 9.80. The molecule has 0 bridgehead atoms. The Bertz CT molecular complexity index is 840. The van der Waals surface area contributed by atoms with Gasteiger partial charge in [0.25, 0.3) is 5.91 Å². The second kappa shape index (κ2) is 9.22. The van der Waals surface area contributed by atoms with Gasteiger partial charge in [0.15, 0.2) is 0 Å². The van der Waals surface area contributed by atoms with Gasteiger partial charge >= 0.3 is 0 Å². The first-order valence-electron chi connectivity index (χ1n) is 11.9. The van der Waals surface area contributed by atoms with Crippen molar-refractivity contribution in [3.8, 4) is 0 Å². The Morgan fingerprint density at radius 1 is 0.969 bits per heavy atom. The first-order valence-corrected chi connectivity index (χ1v) is 11.9. The average Bonchev–Trinajstić information content (AvgIpc) is 3.17. The van der Waals surface area contributed by atoms with Gasteiger partial charge in [0.05, 0.1) is 6.61 Å². The number of ether oxygens (including phenoxy) is 1. The standard InChI is InChI=1S/C25H35N3O4/c1-18(2)22(29)27-15-11-25(12-16-27)28(23(30)20-7-5-4-6-8-20)21(17-32-25)24(31)26-13-9-19(3)10-14-26/h4-8,18-19,21H,9-17H2,1-3H3/t21-/m1/s1. The molecule has 3 amide bonds. The number of likely N-dealkylation sites (tertiary alicyclic amines) is 2. The third-order valence-corrected chi connectivity index (χ3v) is 7.23. The molecule has 3 aliphatic rings. The molecule has 3 saturated heterocycles. The van der Waals surface area contributed by atoms with Crippen LogP contribution in [0.25, 0.3) is 0 Å². The molecule has 4 rings (SSSR count). The van der Waals surface area contributed by atoms with Gasteiger partial charge in [-0.3, -0.25) is 19.3 Å². The summed E-state index contributed by atoms with van der Waals surface area (Å²) in [5.74, 6) is 0.490. The third-order valence-electron chi connectivity index (χ3n) is 7.23. The van der Waals surface area contributed by atoms with Gasteiger partial charge in [-0.05, 0) is 30.9 Å². The van der Waals surface area contributed by atoms with Gasteiger partial charge in [-0.1, -0.05) is 39.0 Å². The molecule has 0 aromatic heterocycles. The summed E-state index contributed by atoms with van der Waals surface area (Å²) in [4.78, 5) is 45.2. The van der Waals surface area contributed by atoms with E-state index in [-0.39, 0.29) is 30.2 Å². The summed E-state index contributed by atoms with van der Waals surface area (Å²) in [6, 6.07) is 8.50. The molecular formula is C25H35N3O4. The van der Waals surface area contributed by atoms with Crippen LogP contribution in [0.2, 0.25) is 0 Å². The van der Waals surface area contributed by atoms with Crippen molar-refractivity contribution in [2.24, 2.45) is 11.8 Å². The predicted octanol–water partition coefficient (Wildman–Crippen LogP) is 2.76. The highest BCUT2D eigenvalue weighted by molar-refractivity contribution is 5.98. The minimum absolute atomic E-state index is 0.0151. The minimum atomic E-state index is -0.843. The van der Waals surface area contributed by atoms with E-state index in [4.69, 9.17) is 4.74 Å². The number of hydrogen-bond donors (Lipinski definition) is 0. The van der Waals surface area contributed by atoms with Crippen molar-refractivity contribution in [1.29, 1.82) is 0 Å². The molecule has 0 aliphatic carbocycles. The summed E-state index contributed by atoms with van der Waals surface area (Å²) in [5.41, 5.74) is -0.285. The van der Waals surface area contributed by atoms with E-state index in [1.807, 2.05) is 41.8 Å². The largest absolute Gasteiger partial charge is 0.353 e. The molecule has 7 heteroatoms. The van der Waals surface area contributed by atoms with Crippen molar-refractivity contribution in [3.05, 3.63) is 35.9 Å². The number of hydrogen-bond acceptors (Lipinski definition) is 4. The van der Waals surface area contributed by atoms with Crippen molar-refractivity contribution in [3.63, 3.8) is 0 Å². The highest BCUT2D eigenvalue weighted by Gasteiger charge is 2.55. The number of nitrogens with zero attached hydrogens (tertiary/aromatic N) is 3. The maximum atomic E-state index is 13.7. The molecule has 1 aromatic carbocycles. The fraction of sp³-hybridized carbons (Fsp3) is 0.640. The van der Waals surface area contributed by atoms with Gasteiger partial charge in [-0.2, -0.15) is 0 Å². The topological polar surface area (TPSA) is 70.2 Å².